The van der Waals surface area contributed by atoms with E-state index < -0.39 is 0 Å². The van der Waals surface area contributed by atoms with Gasteiger partial charge in [-0.25, -0.2) is 9.67 Å². The third kappa shape index (κ3) is 1.29. The van der Waals surface area contributed by atoms with E-state index in [0.717, 1.165) is 41.3 Å². The lowest BCUT2D eigenvalue weighted by Gasteiger charge is -2.10. The molecule has 3 heterocycles. The lowest BCUT2D eigenvalue weighted by molar-refractivity contribution is 0.462. The van der Waals surface area contributed by atoms with Gasteiger partial charge in [-0.05, 0) is 25.3 Å². The minimum Gasteiger partial charge on any atom is -0.346 e. The summed E-state index contributed by atoms with van der Waals surface area (Å²) in [5.74, 6) is 0. The Hall–Kier alpha value is -1.95. The molecule has 1 aliphatic carbocycles. The van der Waals surface area contributed by atoms with Gasteiger partial charge in [-0.15, -0.1) is 5.10 Å². The lowest BCUT2D eigenvalue weighted by Crippen LogP contribution is -2.16. The third-order valence-electron chi connectivity index (χ3n) is 3.81. The van der Waals surface area contributed by atoms with Crippen molar-refractivity contribution in [3.63, 3.8) is 0 Å². The van der Waals surface area contributed by atoms with Crippen LogP contribution in [0.25, 0.3) is 22.1 Å². The summed E-state index contributed by atoms with van der Waals surface area (Å²) in [4.78, 5) is 7.45. The highest BCUT2D eigenvalue weighted by Crippen LogP contribution is 2.32. The van der Waals surface area contributed by atoms with Gasteiger partial charge in [0.2, 0.25) is 0 Å². The van der Waals surface area contributed by atoms with E-state index in [4.69, 9.17) is 5.73 Å². The fourth-order valence-electron chi connectivity index (χ4n) is 2.91. The molecule has 0 saturated heterocycles. The van der Waals surface area contributed by atoms with E-state index in [9.17, 15) is 0 Å². The van der Waals surface area contributed by atoms with E-state index in [0.29, 0.717) is 6.04 Å². The maximum atomic E-state index is 5.99. The predicted octanol–water partition coefficient (Wildman–Crippen LogP) is 1.36. The molecule has 1 aliphatic rings. The van der Waals surface area contributed by atoms with Crippen molar-refractivity contribution in [2.45, 2.75) is 31.3 Å². The third-order valence-corrected chi connectivity index (χ3v) is 3.81. The standard InChI is InChI=1S/C12H14N6/c13-7-1-2-8(5-7)18-11-9-3-4-14-12(9)15-6-10(11)16-17-18/h3-4,6-8H,1-2,5,13H2,(H,14,15). The number of hydrogen-bond acceptors (Lipinski definition) is 4. The van der Waals surface area contributed by atoms with E-state index in [1.54, 1.807) is 6.20 Å². The molecule has 3 aromatic heterocycles. The number of pyridine rings is 1. The summed E-state index contributed by atoms with van der Waals surface area (Å²) < 4.78 is 2.03. The normalized spacial score (nSPS) is 24.3. The summed E-state index contributed by atoms with van der Waals surface area (Å²) in [7, 11) is 0. The molecule has 6 nitrogen and oxygen atoms in total. The Labute approximate surface area is 103 Å². The van der Waals surface area contributed by atoms with Crippen molar-refractivity contribution < 1.29 is 0 Å². The number of hydrogen-bond donors (Lipinski definition) is 2. The Bertz CT molecular complexity index is 712. The van der Waals surface area contributed by atoms with Crippen molar-refractivity contribution in [3.8, 4) is 0 Å². The monoisotopic (exact) mass is 242 g/mol. The van der Waals surface area contributed by atoms with E-state index in [2.05, 4.69) is 20.3 Å². The SMILES string of the molecule is NC1CCC(n2nnc3cnc4[nH]ccc4c32)C1. The predicted molar refractivity (Wildman–Crippen MR) is 68.0 cm³/mol. The van der Waals surface area contributed by atoms with Gasteiger partial charge in [0.05, 0.1) is 12.2 Å². The van der Waals surface area contributed by atoms with Gasteiger partial charge >= 0.3 is 0 Å². The first-order chi connectivity index (χ1) is 8.83. The Balaban J connectivity index is 1.97. The minimum absolute atomic E-state index is 0.290. The van der Waals surface area contributed by atoms with Gasteiger partial charge in [-0.1, -0.05) is 5.21 Å². The van der Waals surface area contributed by atoms with Crippen LogP contribution in [0.15, 0.2) is 18.5 Å². The minimum atomic E-state index is 0.290. The highest BCUT2D eigenvalue weighted by molar-refractivity contribution is 6.00. The first-order valence-corrected chi connectivity index (χ1v) is 6.25. The average molecular weight is 242 g/mol. The summed E-state index contributed by atoms with van der Waals surface area (Å²) in [5.41, 5.74) is 8.79. The van der Waals surface area contributed by atoms with Crippen molar-refractivity contribution in [1.82, 2.24) is 25.0 Å². The van der Waals surface area contributed by atoms with Crippen molar-refractivity contribution >= 4 is 22.1 Å². The number of nitrogens with one attached hydrogen (secondary N) is 1. The number of H-pyrrole nitrogens is 1. The molecule has 0 aliphatic heterocycles. The second-order valence-electron chi connectivity index (χ2n) is 4.99. The van der Waals surface area contributed by atoms with Crippen LogP contribution in [0, 0.1) is 0 Å². The van der Waals surface area contributed by atoms with Gasteiger partial charge in [0.1, 0.15) is 16.7 Å². The Morgan fingerprint density at radius 2 is 2.33 bits per heavy atom. The molecular formula is C12H14N6. The molecule has 92 valence electrons. The maximum Gasteiger partial charge on any atom is 0.139 e. The summed E-state index contributed by atoms with van der Waals surface area (Å²) in [6.07, 6.45) is 6.79. The molecule has 2 atom stereocenters. The number of rotatable bonds is 1. The van der Waals surface area contributed by atoms with Crippen LogP contribution in [-0.2, 0) is 0 Å². The highest BCUT2D eigenvalue weighted by Gasteiger charge is 2.26. The van der Waals surface area contributed by atoms with Crippen LogP contribution < -0.4 is 5.73 Å². The smallest absolute Gasteiger partial charge is 0.139 e. The summed E-state index contributed by atoms with van der Waals surface area (Å²) in [6, 6.07) is 2.68. The van der Waals surface area contributed by atoms with E-state index in [-0.39, 0.29) is 6.04 Å². The van der Waals surface area contributed by atoms with Gasteiger partial charge < -0.3 is 10.7 Å². The van der Waals surface area contributed by atoms with E-state index in [1.165, 1.54) is 0 Å². The van der Waals surface area contributed by atoms with Gasteiger partial charge in [0, 0.05) is 17.6 Å². The van der Waals surface area contributed by atoms with Gasteiger partial charge in [-0.3, -0.25) is 0 Å². The molecule has 18 heavy (non-hydrogen) atoms. The topological polar surface area (TPSA) is 85.4 Å². The van der Waals surface area contributed by atoms with Crippen molar-refractivity contribution in [2.24, 2.45) is 5.73 Å². The van der Waals surface area contributed by atoms with Crippen LogP contribution in [0.3, 0.4) is 0 Å². The maximum absolute atomic E-state index is 5.99. The van der Waals surface area contributed by atoms with Gasteiger partial charge in [-0.2, -0.15) is 0 Å². The molecule has 1 fully saturated rings. The molecule has 3 N–H and O–H groups in total. The average Bonchev–Trinajstić information content (AvgIpc) is 3.03. The number of aromatic nitrogens is 5. The molecule has 0 radical (unpaired) electrons. The van der Waals surface area contributed by atoms with Crippen LogP contribution in [0.2, 0.25) is 0 Å². The molecule has 1 saturated carbocycles. The number of nitrogens with zero attached hydrogens (tertiary/aromatic N) is 4. The first-order valence-electron chi connectivity index (χ1n) is 6.25. The fourth-order valence-corrected chi connectivity index (χ4v) is 2.91. The van der Waals surface area contributed by atoms with Gasteiger partial charge in [0.25, 0.3) is 0 Å². The molecule has 4 rings (SSSR count). The first kappa shape index (κ1) is 10.0. The van der Waals surface area contributed by atoms with Crippen LogP contribution >= 0.6 is 0 Å². The summed E-state index contributed by atoms with van der Waals surface area (Å²) in [6.45, 7) is 0. The Morgan fingerprint density at radius 3 is 3.17 bits per heavy atom. The number of nitrogens with two attached hydrogens (primary N) is 1. The molecular weight excluding hydrogens is 228 g/mol. The lowest BCUT2D eigenvalue weighted by atomic mass is 10.2. The molecule has 0 bridgehead atoms. The quantitative estimate of drug-likeness (QED) is 0.674. The molecule has 0 aromatic carbocycles. The van der Waals surface area contributed by atoms with E-state index in [1.807, 2.05) is 16.9 Å². The highest BCUT2D eigenvalue weighted by atomic mass is 15.4. The summed E-state index contributed by atoms with van der Waals surface area (Å²) >= 11 is 0. The Morgan fingerprint density at radius 1 is 1.39 bits per heavy atom. The summed E-state index contributed by atoms with van der Waals surface area (Å²) in [5, 5.41) is 9.59. The van der Waals surface area contributed by atoms with Crippen LogP contribution in [0.4, 0.5) is 0 Å². The second kappa shape index (κ2) is 3.52. The van der Waals surface area contributed by atoms with E-state index >= 15 is 0 Å². The number of aromatic amines is 1. The van der Waals surface area contributed by atoms with Crippen molar-refractivity contribution in [3.05, 3.63) is 18.5 Å². The van der Waals surface area contributed by atoms with Crippen molar-refractivity contribution in [1.29, 1.82) is 0 Å². The zero-order valence-electron chi connectivity index (χ0n) is 9.87. The molecule has 0 spiro atoms. The van der Waals surface area contributed by atoms with Crippen LogP contribution in [0.5, 0.6) is 0 Å². The van der Waals surface area contributed by atoms with Crippen molar-refractivity contribution in [2.75, 3.05) is 0 Å². The van der Waals surface area contributed by atoms with Crippen LogP contribution in [0.1, 0.15) is 25.3 Å². The largest absolute Gasteiger partial charge is 0.346 e. The van der Waals surface area contributed by atoms with Crippen LogP contribution in [-0.4, -0.2) is 31.0 Å². The Kier molecular flexibility index (Phi) is 1.96. The zero-order chi connectivity index (χ0) is 12.1. The molecule has 6 heteroatoms. The number of fused-ring (bicyclic) bond motifs is 3. The zero-order valence-corrected chi connectivity index (χ0v) is 9.87. The molecule has 0 amide bonds. The molecule has 2 unspecified atom stereocenters. The molecule has 3 aromatic rings. The fraction of sp³-hybridized carbons (Fsp3) is 0.417. The second-order valence-corrected chi connectivity index (χ2v) is 4.99. The van der Waals surface area contributed by atoms with Gasteiger partial charge in [0.15, 0.2) is 0 Å².